The Morgan fingerprint density at radius 1 is 1.32 bits per heavy atom. The second-order valence-electron chi connectivity index (χ2n) is 5.21. The largest absolute Gasteiger partial charge is 1.00 e. The third-order valence-corrected chi connectivity index (χ3v) is 3.69. The van der Waals surface area contributed by atoms with Crippen LogP contribution in [0.1, 0.15) is 11.1 Å². The molecular weight excluding hydrogens is 323 g/mol. The Kier molecular flexibility index (Phi) is 7.42. The molecule has 9 heteroatoms. The number of carboxylic acid groups (broad SMARTS) is 1. The van der Waals surface area contributed by atoms with E-state index in [4.69, 9.17) is 5.11 Å². The smallest absolute Gasteiger partial charge is 0.481 e. The molecule has 0 aromatic heterocycles. The minimum atomic E-state index is -5.15. The van der Waals surface area contributed by atoms with Gasteiger partial charge >= 0.3 is 64.3 Å². The Labute approximate surface area is 169 Å². The Balaban J connectivity index is 0.00000242. The van der Waals surface area contributed by atoms with Crippen molar-refractivity contribution >= 4 is 24.1 Å². The quantitative estimate of drug-likeness (QED) is 0.629. The molecule has 1 fully saturated rings. The van der Waals surface area contributed by atoms with E-state index in [0.29, 0.717) is 37.4 Å². The van der Waals surface area contributed by atoms with Crippen molar-refractivity contribution in [3.05, 3.63) is 23.3 Å². The standard InChI is InChI=1S/C13H17BF3N2O2.K/c1-9-10(7-13(20)21)6-11(14(15,16)17)8-12(9)19-4-2-18-3-5-19;/h6,8,18H,2-5,7H2,1H3,(H,20,21);/q-1;+1. The number of nitrogens with one attached hydrogen (secondary N) is 1. The van der Waals surface area contributed by atoms with Crippen LogP contribution in [0.25, 0.3) is 0 Å². The van der Waals surface area contributed by atoms with Crippen molar-refractivity contribution in [3.8, 4) is 0 Å². The molecular formula is C13H17BF3KN2O2. The average Bonchev–Trinajstić information content (AvgIpc) is 2.40. The fourth-order valence-corrected chi connectivity index (χ4v) is 2.55. The SMILES string of the molecule is Cc1c(CC(=O)O)cc([B-](F)(F)F)cc1N1CCNCC1.[K+]. The summed E-state index contributed by atoms with van der Waals surface area (Å²) in [5.41, 5.74) is 0.602. The number of halogens is 3. The third kappa shape index (κ3) is 4.97. The summed E-state index contributed by atoms with van der Waals surface area (Å²) in [5.74, 6) is -1.13. The molecule has 22 heavy (non-hydrogen) atoms. The molecule has 116 valence electrons. The molecule has 0 saturated carbocycles. The van der Waals surface area contributed by atoms with Gasteiger partial charge in [-0.3, -0.25) is 4.79 Å². The van der Waals surface area contributed by atoms with E-state index in [1.54, 1.807) is 6.92 Å². The van der Waals surface area contributed by atoms with Gasteiger partial charge in [-0.15, -0.1) is 5.46 Å². The first-order valence-electron chi connectivity index (χ1n) is 6.80. The summed E-state index contributed by atoms with van der Waals surface area (Å²) in [4.78, 5) is 12.7. The number of benzene rings is 1. The Hall–Kier alpha value is -0.0587. The first-order valence-corrected chi connectivity index (χ1v) is 6.80. The van der Waals surface area contributed by atoms with E-state index in [9.17, 15) is 17.7 Å². The van der Waals surface area contributed by atoms with Gasteiger partial charge in [-0.2, -0.15) is 0 Å². The molecule has 0 unspecified atom stereocenters. The Bertz CT molecular complexity index is 549. The first-order chi connectivity index (χ1) is 9.79. The molecule has 1 saturated heterocycles. The van der Waals surface area contributed by atoms with Gasteiger partial charge in [-0.1, -0.05) is 12.1 Å². The summed E-state index contributed by atoms with van der Waals surface area (Å²) in [6.07, 6.45) is -0.398. The molecule has 1 aromatic carbocycles. The van der Waals surface area contributed by atoms with Crippen LogP contribution in [-0.2, 0) is 11.2 Å². The minimum absolute atomic E-state index is 0. The number of carbonyl (C=O) groups is 1. The van der Waals surface area contributed by atoms with Crippen LogP contribution in [0, 0.1) is 6.92 Å². The van der Waals surface area contributed by atoms with Crippen molar-refractivity contribution in [2.24, 2.45) is 0 Å². The molecule has 0 bridgehead atoms. The number of carboxylic acids is 1. The number of nitrogens with zero attached hydrogens (tertiary/aromatic N) is 1. The number of aliphatic carboxylic acids is 1. The summed E-state index contributed by atoms with van der Waals surface area (Å²) in [6, 6.07) is 2.11. The van der Waals surface area contributed by atoms with Gasteiger partial charge in [0.05, 0.1) is 6.42 Å². The molecule has 1 aliphatic heterocycles. The van der Waals surface area contributed by atoms with Crippen LogP contribution in [-0.4, -0.2) is 44.2 Å². The minimum Gasteiger partial charge on any atom is -0.481 e. The summed E-state index contributed by atoms with van der Waals surface area (Å²) < 4.78 is 39.2. The molecule has 1 heterocycles. The zero-order chi connectivity index (χ0) is 15.6. The van der Waals surface area contributed by atoms with Gasteiger partial charge in [-0.25, -0.2) is 0 Å². The topological polar surface area (TPSA) is 52.6 Å². The first kappa shape index (κ1) is 20.0. The van der Waals surface area contributed by atoms with E-state index in [1.165, 1.54) is 0 Å². The van der Waals surface area contributed by atoms with E-state index in [2.05, 4.69) is 5.32 Å². The molecule has 0 amide bonds. The Morgan fingerprint density at radius 2 is 1.91 bits per heavy atom. The third-order valence-electron chi connectivity index (χ3n) is 3.69. The number of anilines is 1. The van der Waals surface area contributed by atoms with E-state index < -0.39 is 24.8 Å². The van der Waals surface area contributed by atoms with Crippen molar-refractivity contribution in [3.63, 3.8) is 0 Å². The van der Waals surface area contributed by atoms with E-state index in [1.807, 2.05) is 4.90 Å². The molecule has 1 aliphatic rings. The van der Waals surface area contributed by atoms with Gasteiger partial charge in [0.2, 0.25) is 0 Å². The number of rotatable bonds is 4. The van der Waals surface area contributed by atoms with Gasteiger partial charge in [0, 0.05) is 31.9 Å². The van der Waals surface area contributed by atoms with Crippen molar-refractivity contribution in [1.82, 2.24) is 5.32 Å². The molecule has 0 aliphatic carbocycles. The fourth-order valence-electron chi connectivity index (χ4n) is 2.55. The average molecular weight is 340 g/mol. The molecule has 2 N–H and O–H groups in total. The molecule has 1 aromatic rings. The zero-order valence-electron chi connectivity index (χ0n) is 12.7. The monoisotopic (exact) mass is 340 g/mol. The predicted octanol–water partition coefficient (Wildman–Crippen LogP) is -1.91. The number of hydrogen-bond donors (Lipinski definition) is 2. The van der Waals surface area contributed by atoms with Crippen LogP contribution in [0.15, 0.2) is 12.1 Å². The van der Waals surface area contributed by atoms with Crippen LogP contribution in [0.5, 0.6) is 0 Å². The van der Waals surface area contributed by atoms with Crippen LogP contribution in [0.2, 0.25) is 0 Å². The van der Waals surface area contributed by atoms with Crippen LogP contribution in [0.4, 0.5) is 18.6 Å². The van der Waals surface area contributed by atoms with Crippen molar-refractivity contribution in [2.75, 3.05) is 31.1 Å². The van der Waals surface area contributed by atoms with Gasteiger partial charge < -0.3 is 28.3 Å². The van der Waals surface area contributed by atoms with Crippen LogP contribution >= 0.6 is 0 Å². The van der Waals surface area contributed by atoms with Gasteiger partial charge in [0.15, 0.2) is 0 Å². The summed E-state index contributed by atoms with van der Waals surface area (Å²) in [5, 5.41) is 12.0. The summed E-state index contributed by atoms with van der Waals surface area (Å²) in [6.45, 7) is -0.836. The maximum Gasteiger partial charge on any atom is 1.00 e. The predicted molar refractivity (Wildman–Crippen MR) is 76.3 cm³/mol. The molecule has 0 spiro atoms. The van der Waals surface area contributed by atoms with E-state index in [-0.39, 0.29) is 56.9 Å². The number of hydrogen-bond acceptors (Lipinski definition) is 3. The van der Waals surface area contributed by atoms with Crippen LogP contribution in [0.3, 0.4) is 0 Å². The summed E-state index contributed by atoms with van der Waals surface area (Å²) >= 11 is 0. The van der Waals surface area contributed by atoms with Gasteiger partial charge in [-0.05, 0) is 18.1 Å². The maximum absolute atomic E-state index is 13.1. The van der Waals surface area contributed by atoms with E-state index >= 15 is 0 Å². The maximum atomic E-state index is 13.1. The van der Waals surface area contributed by atoms with Crippen molar-refractivity contribution < 1.29 is 74.2 Å². The van der Waals surface area contributed by atoms with Crippen LogP contribution < -0.4 is 67.1 Å². The second-order valence-corrected chi connectivity index (χ2v) is 5.21. The molecule has 2 rings (SSSR count). The zero-order valence-corrected chi connectivity index (χ0v) is 15.8. The molecule has 0 radical (unpaired) electrons. The molecule has 0 atom stereocenters. The summed E-state index contributed by atoms with van der Waals surface area (Å²) in [7, 11) is 0. The van der Waals surface area contributed by atoms with E-state index in [0.717, 1.165) is 12.1 Å². The van der Waals surface area contributed by atoms with Gasteiger partial charge in [0.25, 0.3) is 0 Å². The second kappa shape index (κ2) is 8.16. The fraction of sp³-hybridized carbons (Fsp3) is 0.462. The van der Waals surface area contributed by atoms with Gasteiger partial charge in [0.1, 0.15) is 0 Å². The number of piperazine rings is 1. The normalized spacial score (nSPS) is 15.4. The van der Waals surface area contributed by atoms with Crippen molar-refractivity contribution in [1.29, 1.82) is 0 Å². The molecule has 4 nitrogen and oxygen atoms in total. The Morgan fingerprint density at radius 3 is 2.41 bits per heavy atom. The van der Waals surface area contributed by atoms with Crippen molar-refractivity contribution in [2.45, 2.75) is 13.3 Å².